The second-order valence-electron chi connectivity index (χ2n) is 5.61. The Hall–Kier alpha value is -3.27. The van der Waals surface area contributed by atoms with E-state index in [1.807, 2.05) is 0 Å². The van der Waals surface area contributed by atoms with Gasteiger partial charge in [0.25, 0.3) is 5.91 Å². The van der Waals surface area contributed by atoms with Crippen LogP contribution in [0.25, 0.3) is 5.69 Å². The summed E-state index contributed by atoms with van der Waals surface area (Å²) in [6, 6.07) is 11.0. The van der Waals surface area contributed by atoms with Gasteiger partial charge in [-0.3, -0.25) is 4.79 Å². The zero-order valence-electron chi connectivity index (χ0n) is 13.8. The minimum absolute atomic E-state index is 0.281. The molecule has 3 rings (SSSR count). The molecule has 1 amide bonds. The van der Waals surface area contributed by atoms with E-state index in [9.17, 15) is 23.1 Å². The number of hydrogen-bond donors (Lipinski definition) is 2. The molecule has 0 spiro atoms. The minimum Gasteiger partial charge on any atom is -0.387 e. The summed E-state index contributed by atoms with van der Waals surface area (Å²) in [5.41, 5.74) is -0.310. The molecule has 3 aromatic rings. The van der Waals surface area contributed by atoms with Crippen LogP contribution in [0.4, 0.5) is 13.2 Å². The van der Waals surface area contributed by atoms with Crippen LogP contribution in [-0.2, 0) is 6.18 Å². The van der Waals surface area contributed by atoms with Crippen molar-refractivity contribution in [3.63, 3.8) is 0 Å². The standard InChI is InChI=1S/C17H14F3N5O2/c18-17(19,20)14-4-2-1-3-13(14)15(26)9-21-16(27)11-5-7-12(8-6-11)25-10-22-23-24-25/h1-8,10,15,26H,9H2,(H,21,27)/t15-/m0/s1. The molecule has 0 unspecified atom stereocenters. The van der Waals surface area contributed by atoms with Crippen LogP contribution in [0.1, 0.15) is 27.6 Å². The van der Waals surface area contributed by atoms with Crippen molar-refractivity contribution >= 4 is 5.91 Å². The fourth-order valence-electron chi connectivity index (χ4n) is 2.49. The van der Waals surface area contributed by atoms with E-state index in [1.54, 1.807) is 12.1 Å². The first-order chi connectivity index (χ1) is 12.9. The molecule has 0 bridgehead atoms. The number of carbonyl (C=O) groups is 1. The molecule has 0 saturated carbocycles. The van der Waals surface area contributed by atoms with Crippen molar-refractivity contribution in [1.29, 1.82) is 0 Å². The van der Waals surface area contributed by atoms with Gasteiger partial charge in [0.1, 0.15) is 6.33 Å². The second-order valence-corrected chi connectivity index (χ2v) is 5.61. The molecular weight excluding hydrogens is 363 g/mol. The average molecular weight is 377 g/mol. The van der Waals surface area contributed by atoms with Crippen molar-refractivity contribution in [2.24, 2.45) is 0 Å². The van der Waals surface area contributed by atoms with E-state index in [-0.39, 0.29) is 17.7 Å². The molecule has 27 heavy (non-hydrogen) atoms. The molecule has 1 aromatic heterocycles. The molecule has 1 atom stereocenters. The number of amides is 1. The lowest BCUT2D eigenvalue weighted by Crippen LogP contribution is -2.29. The van der Waals surface area contributed by atoms with Gasteiger partial charge in [-0.2, -0.15) is 13.2 Å². The lowest BCUT2D eigenvalue weighted by atomic mass is 10.0. The fraction of sp³-hybridized carbons (Fsp3) is 0.176. The van der Waals surface area contributed by atoms with Gasteiger partial charge in [-0.1, -0.05) is 18.2 Å². The van der Waals surface area contributed by atoms with Crippen LogP contribution >= 0.6 is 0 Å². The summed E-state index contributed by atoms with van der Waals surface area (Å²) in [7, 11) is 0. The maximum atomic E-state index is 13.0. The Morgan fingerprint density at radius 2 is 1.85 bits per heavy atom. The Labute approximate surface area is 151 Å². The predicted octanol–water partition coefficient (Wildman–Crippen LogP) is 2.14. The summed E-state index contributed by atoms with van der Waals surface area (Å²) < 4.78 is 40.4. The molecule has 10 heteroatoms. The van der Waals surface area contributed by atoms with Crippen molar-refractivity contribution in [3.8, 4) is 5.69 Å². The van der Waals surface area contributed by atoms with Gasteiger partial charge in [-0.15, -0.1) is 5.10 Å². The van der Waals surface area contributed by atoms with Gasteiger partial charge in [-0.05, 0) is 46.3 Å². The molecule has 2 aromatic carbocycles. The maximum absolute atomic E-state index is 13.0. The van der Waals surface area contributed by atoms with Crippen molar-refractivity contribution in [3.05, 3.63) is 71.5 Å². The lowest BCUT2D eigenvalue weighted by Gasteiger charge is -2.18. The summed E-state index contributed by atoms with van der Waals surface area (Å²) in [6.45, 7) is -0.360. The maximum Gasteiger partial charge on any atom is 0.416 e. The number of alkyl halides is 3. The highest BCUT2D eigenvalue weighted by Gasteiger charge is 2.34. The fourth-order valence-corrected chi connectivity index (χ4v) is 2.49. The van der Waals surface area contributed by atoms with Crippen LogP contribution < -0.4 is 5.32 Å². The van der Waals surface area contributed by atoms with Gasteiger partial charge in [0, 0.05) is 12.1 Å². The largest absolute Gasteiger partial charge is 0.416 e. The second kappa shape index (κ2) is 7.54. The molecule has 0 aliphatic rings. The molecular formula is C17H14F3N5O2. The van der Waals surface area contributed by atoms with E-state index in [1.165, 1.54) is 41.3 Å². The number of carbonyl (C=O) groups excluding carboxylic acids is 1. The third-order valence-corrected chi connectivity index (χ3v) is 3.82. The number of aliphatic hydroxyl groups excluding tert-OH is 1. The third kappa shape index (κ3) is 4.29. The minimum atomic E-state index is -4.59. The molecule has 0 radical (unpaired) electrons. The van der Waals surface area contributed by atoms with Gasteiger partial charge >= 0.3 is 6.18 Å². The van der Waals surface area contributed by atoms with Crippen LogP contribution in [0.15, 0.2) is 54.9 Å². The zero-order valence-corrected chi connectivity index (χ0v) is 13.8. The Bertz CT molecular complexity index is 911. The molecule has 0 fully saturated rings. The zero-order chi connectivity index (χ0) is 19.4. The number of rotatable bonds is 5. The van der Waals surface area contributed by atoms with Gasteiger partial charge in [0.05, 0.1) is 17.4 Å². The first kappa shape index (κ1) is 18.5. The quantitative estimate of drug-likeness (QED) is 0.711. The van der Waals surface area contributed by atoms with Gasteiger partial charge in [0.2, 0.25) is 0 Å². The summed E-state index contributed by atoms with van der Waals surface area (Å²) in [5.74, 6) is -0.526. The molecule has 0 saturated heterocycles. The highest BCUT2D eigenvalue weighted by Crippen LogP contribution is 2.34. The van der Waals surface area contributed by atoms with E-state index in [0.29, 0.717) is 5.69 Å². The number of nitrogens with zero attached hydrogens (tertiary/aromatic N) is 4. The van der Waals surface area contributed by atoms with Gasteiger partial charge < -0.3 is 10.4 Å². The number of benzene rings is 2. The number of aromatic nitrogens is 4. The number of tetrazole rings is 1. The van der Waals surface area contributed by atoms with Crippen LogP contribution in [0.2, 0.25) is 0 Å². The topological polar surface area (TPSA) is 92.9 Å². The number of hydrogen-bond acceptors (Lipinski definition) is 5. The summed E-state index contributed by atoms with van der Waals surface area (Å²) in [4.78, 5) is 12.2. The Morgan fingerprint density at radius 3 is 2.48 bits per heavy atom. The van der Waals surface area contributed by atoms with E-state index in [0.717, 1.165) is 6.07 Å². The first-order valence-corrected chi connectivity index (χ1v) is 7.82. The highest BCUT2D eigenvalue weighted by molar-refractivity contribution is 5.94. The predicted molar refractivity (Wildman–Crippen MR) is 87.9 cm³/mol. The molecule has 1 heterocycles. The molecule has 0 aliphatic carbocycles. The summed E-state index contributed by atoms with van der Waals surface area (Å²) >= 11 is 0. The Balaban J connectivity index is 1.66. The smallest absolute Gasteiger partial charge is 0.387 e. The molecule has 7 nitrogen and oxygen atoms in total. The monoisotopic (exact) mass is 377 g/mol. The van der Waals surface area contributed by atoms with E-state index in [4.69, 9.17) is 0 Å². The Morgan fingerprint density at radius 1 is 1.15 bits per heavy atom. The van der Waals surface area contributed by atoms with Crippen molar-refractivity contribution in [1.82, 2.24) is 25.5 Å². The molecule has 0 aliphatic heterocycles. The summed E-state index contributed by atoms with van der Waals surface area (Å²) in [5, 5.41) is 23.2. The van der Waals surface area contributed by atoms with Crippen LogP contribution in [0, 0.1) is 0 Å². The van der Waals surface area contributed by atoms with Crippen LogP contribution in [0.3, 0.4) is 0 Å². The number of halogens is 3. The third-order valence-electron chi connectivity index (χ3n) is 3.82. The van der Waals surface area contributed by atoms with E-state index >= 15 is 0 Å². The average Bonchev–Trinajstić information content (AvgIpc) is 3.20. The van der Waals surface area contributed by atoms with Gasteiger partial charge in [0.15, 0.2) is 0 Å². The Kier molecular flexibility index (Phi) is 5.17. The SMILES string of the molecule is O=C(NC[C@H](O)c1ccccc1C(F)(F)F)c1ccc(-n2cnnn2)cc1. The van der Waals surface area contributed by atoms with Crippen molar-refractivity contribution < 1.29 is 23.1 Å². The number of nitrogens with one attached hydrogen (secondary N) is 1. The first-order valence-electron chi connectivity index (χ1n) is 7.82. The summed E-state index contributed by atoms with van der Waals surface area (Å²) in [6.07, 6.45) is -4.69. The molecule has 2 N–H and O–H groups in total. The molecule has 140 valence electrons. The van der Waals surface area contributed by atoms with Crippen LogP contribution in [-0.4, -0.2) is 37.8 Å². The van der Waals surface area contributed by atoms with E-state index < -0.39 is 23.8 Å². The van der Waals surface area contributed by atoms with Gasteiger partial charge in [-0.25, -0.2) is 4.68 Å². The van der Waals surface area contributed by atoms with Crippen molar-refractivity contribution in [2.75, 3.05) is 6.54 Å². The lowest BCUT2D eigenvalue weighted by molar-refractivity contribution is -0.139. The van der Waals surface area contributed by atoms with Crippen molar-refractivity contribution in [2.45, 2.75) is 12.3 Å². The highest BCUT2D eigenvalue weighted by atomic mass is 19.4. The van der Waals surface area contributed by atoms with Crippen LogP contribution in [0.5, 0.6) is 0 Å². The van der Waals surface area contributed by atoms with E-state index in [2.05, 4.69) is 20.8 Å². The normalized spacial score (nSPS) is 12.6. The number of aliphatic hydroxyl groups is 1.